The van der Waals surface area contributed by atoms with Crippen LogP contribution >= 0.6 is 0 Å². The summed E-state index contributed by atoms with van der Waals surface area (Å²) in [7, 11) is 0. The van der Waals surface area contributed by atoms with Gasteiger partial charge in [-0.2, -0.15) is 0 Å². The lowest BCUT2D eigenvalue weighted by molar-refractivity contribution is -0.122. The minimum atomic E-state index is -0.359. The van der Waals surface area contributed by atoms with Crippen LogP contribution < -0.4 is 10.1 Å². The highest BCUT2D eigenvalue weighted by molar-refractivity contribution is 5.76. The number of nitrogens with one attached hydrogen (secondary N) is 1. The highest BCUT2D eigenvalue weighted by Crippen LogP contribution is 2.33. The van der Waals surface area contributed by atoms with Crippen LogP contribution in [0.15, 0.2) is 18.2 Å². The van der Waals surface area contributed by atoms with Crippen molar-refractivity contribution in [2.45, 2.75) is 39.2 Å². The highest BCUT2D eigenvalue weighted by Gasteiger charge is 2.23. The smallest absolute Gasteiger partial charge is 0.220 e. The summed E-state index contributed by atoms with van der Waals surface area (Å²) in [6.45, 7) is 4.50. The lowest BCUT2D eigenvalue weighted by atomic mass is 10.0. The van der Waals surface area contributed by atoms with Crippen LogP contribution in [0.4, 0.5) is 4.39 Å². The molecule has 0 aliphatic carbocycles. The molecule has 0 spiro atoms. The molecule has 0 radical (unpaired) electrons. The molecule has 2 rings (SSSR count). The second-order valence-corrected chi connectivity index (χ2v) is 5.37. The molecule has 1 aliphatic heterocycles. The lowest BCUT2D eigenvalue weighted by Gasteiger charge is -2.19. The number of hydrogen-bond donors (Lipinski definition) is 1. The van der Waals surface area contributed by atoms with Gasteiger partial charge in [-0.15, -0.1) is 0 Å². The van der Waals surface area contributed by atoms with Crippen LogP contribution in [0.1, 0.15) is 44.7 Å². The Labute approximate surface area is 113 Å². The molecule has 1 aromatic rings. The van der Waals surface area contributed by atoms with Crippen LogP contribution in [0.5, 0.6) is 5.75 Å². The summed E-state index contributed by atoms with van der Waals surface area (Å²) in [5.41, 5.74) is 0.745. The molecule has 1 aliphatic rings. The van der Waals surface area contributed by atoms with Gasteiger partial charge in [-0.3, -0.25) is 4.79 Å². The summed E-state index contributed by atoms with van der Waals surface area (Å²) in [4.78, 5) is 11.9. The summed E-state index contributed by atoms with van der Waals surface area (Å²) in [6.07, 6.45) is 2.07. The zero-order valence-corrected chi connectivity index (χ0v) is 11.4. The minimum absolute atomic E-state index is 0.0112. The molecule has 4 heteroatoms. The van der Waals surface area contributed by atoms with Crippen molar-refractivity contribution in [1.29, 1.82) is 0 Å². The molecule has 19 heavy (non-hydrogen) atoms. The third-order valence-electron chi connectivity index (χ3n) is 3.19. The summed E-state index contributed by atoms with van der Waals surface area (Å²) < 4.78 is 19.2. The van der Waals surface area contributed by atoms with Gasteiger partial charge in [-0.25, -0.2) is 4.39 Å². The van der Waals surface area contributed by atoms with Gasteiger partial charge in [0.05, 0.1) is 12.6 Å². The van der Waals surface area contributed by atoms with E-state index in [0.717, 1.165) is 18.4 Å². The molecule has 1 amide bonds. The van der Waals surface area contributed by atoms with E-state index in [-0.39, 0.29) is 23.5 Å². The van der Waals surface area contributed by atoms with E-state index >= 15 is 0 Å². The Morgan fingerprint density at radius 3 is 3.05 bits per heavy atom. The van der Waals surface area contributed by atoms with Crippen LogP contribution in [0.3, 0.4) is 0 Å². The Hall–Kier alpha value is -1.58. The number of para-hydroxylation sites is 1. The number of carbonyl (C=O) groups excluding carboxylic acids is 1. The van der Waals surface area contributed by atoms with Crippen molar-refractivity contribution in [2.75, 3.05) is 6.61 Å². The van der Waals surface area contributed by atoms with Crippen molar-refractivity contribution < 1.29 is 13.9 Å². The number of rotatable bonds is 3. The van der Waals surface area contributed by atoms with E-state index < -0.39 is 0 Å². The van der Waals surface area contributed by atoms with Crippen LogP contribution in [0, 0.1) is 11.7 Å². The standard InChI is InChI=1S/C15H20FNO2/c1-10(2)9-14(18)17-13-7-4-8-19-15-11(13)5-3-6-12(15)16/h3,5-6,10,13H,4,7-9H2,1-2H3,(H,17,18). The van der Waals surface area contributed by atoms with Gasteiger partial charge < -0.3 is 10.1 Å². The highest BCUT2D eigenvalue weighted by atomic mass is 19.1. The fourth-order valence-electron chi connectivity index (χ4n) is 2.34. The first-order valence-electron chi connectivity index (χ1n) is 6.78. The Balaban J connectivity index is 2.18. The quantitative estimate of drug-likeness (QED) is 0.911. The topological polar surface area (TPSA) is 38.3 Å². The zero-order chi connectivity index (χ0) is 13.8. The second-order valence-electron chi connectivity index (χ2n) is 5.37. The summed E-state index contributed by atoms with van der Waals surface area (Å²) >= 11 is 0. The van der Waals surface area contributed by atoms with Gasteiger partial charge in [0.1, 0.15) is 0 Å². The predicted molar refractivity (Wildman–Crippen MR) is 71.5 cm³/mol. The summed E-state index contributed by atoms with van der Waals surface area (Å²) in [5, 5.41) is 2.99. The van der Waals surface area contributed by atoms with Crippen LogP contribution in [-0.2, 0) is 4.79 Å². The van der Waals surface area contributed by atoms with Crippen molar-refractivity contribution in [3.8, 4) is 5.75 Å². The zero-order valence-electron chi connectivity index (χ0n) is 11.4. The Morgan fingerprint density at radius 1 is 1.53 bits per heavy atom. The van der Waals surface area contributed by atoms with Crippen molar-refractivity contribution in [2.24, 2.45) is 5.92 Å². The Bertz CT molecular complexity index is 459. The van der Waals surface area contributed by atoms with Crippen LogP contribution in [0.2, 0.25) is 0 Å². The fraction of sp³-hybridized carbons (Fsp3) is 0.533. The second kappa shape index (κ2) is 6.04. The SMILES string of the molecule is CC(C)CC(=O)NC1CCCOc2c(F)cccc21. The maximum Gasteiger partial charge on any atom is 0.220 e. The van der Waals surface area contributed by atoms with E-state index in [0.29, 0.717) is 18.9 Å². The number of halogens is 1. The summed E-state index contributed by atoms with van der Waals surface area (Å²) in [6, 6.07) is 4.71. The van der Waals surface area contributed by atoms with Gasteiger partial charge in [0, 0.05) is 12.0 Å². The Morgan fingerprint density at radius 2 is 2.32 bits per heavy atom. The molecule has 1 N–H and O–H groups in total. The van der Waals surface area contributed by atoms with Gasteiger partial charge in [-0.05, 0) is 24.8 Å². The normalized spacial score (nSPS) is 18.4. The number of hydrogen-bond acceptors (Lipinski definition) is 2. The van der Waals surface area contributed by atoms with Crippen molar-refractivity contribution in [3.05, 3.63) is 29.6 Å². The number of ether oxygens (including phenoxy) is 1. The molecule has 0 aromatic heterocycles. The van der Waals surface area contributed by atoms with Gasteiger partial charge in [0.25, 0.3) is 0 Å². The van der Waals surface area contributed by atoms with Gasteiger partial charge in [0.2, 0.25) is 5.91 Å². The average Bonchev–Trinajstić information content (AvgIpc) is 2.52. The molecule has 1 atom stereocenters. The van der Waals surface area contributed by atoms with E-state index in [1.807, 2.05) is 19.9 Å². The van der Waals surface area contributed by atoms with E-state index in [4.69, 9.17) is 4.74 Å². The molecule has 1 aromatic carbocycles. The lowest BCUT2D eigenvalue weighted by Crippen LogP contribution is -2.29. The van der Waals surface area contributed by atoms with Gasteiger partial charge in [-0.1, -0.05) is 26.0 Å². The molecule has 1 unspecified atom stereocenters. The van der Waals surface area contributed by atoms with Crippen molar-refractivity contribution >= 4 is 5.91 Å². The molecular weight excluding hydrogens is 245 g/mol. The third kappa shape index (κ3) is 3.46. The fourth-order valence-corrected chi connectivity index (χ4v) is 2.34. The molecular formula is C15H20FNO2. The van der Waals surface area contributed by atoms with Gasteiger partial charge >= 0.3 is 0 Å². The first kappa shape index (κ1) is 13.8. The van der Waals surface area contributed by atoms with Crippen molar-refractivity contribution in [3.63, 3.8) is 0 Å². The van der Waals surface area contributed by atoms with E-state index in [9.17, 15) is 9.18 Å². The van der Waals surface area contributed by atoms with Crippen molar-refractivity contribution in [1.82, 2.24) is 5.32 Å². The first-order valence-corrected chi connectivity index (χ1v) is 6.78. The molecule has 0 saturated heterocycles. The molecule has 1 heterocycles. The van der Waals surface area contributed by atoms with E-state index in [1.165, 1.54) is 6.07 Å². The molecule has 3 nitrogen and oxygen atoms in total. The van der Waals surface area contributed by atoms with Crippen LogP contribution in [-0.4, -0.2) is 12.5 Å². The predicted octanol–water partition coefficient (Wildman–Crippen LogP) is 3.20. The average molecular weight is 265 g/mol. The van der Waals surface area contributed by atoms with E-state index in [2.05, 4.69) is 5.32 Å². The first-order chi connectivity index (χ1) is 9.08. The molecule has 0 saturated carbocycles. The van der Waals surface area contributed by atoms with Gasteiger partial charge in [0.15, 0.2) is 11.6 Å². The maximum absolute atomic E-state index is 13.7. The minimum Gasteiger partial charge on any atom is -0.490 e. The van der Waals surface area contributed by atoms with Crippen LogP contribution in [0.25, 0.3) is 0 Å². The largest absolute Gasteiger partial charge is 0.490 e. The monoisotopic (exact) mass is 265 g/mol. The molecule has 104 valence electrons. The van der Waals surface area contributed by atoms with E-state index in [1.54, 1.807) is 6.07 Å². The number of fused-ring (bicyclic) bond motifs is 1. The third-order valence-corrected chi connectivity index (χ3v) is 3.19. The molecule has 0 fully saturated rings. The Kier molecular flexibility index (Phi) is 4.40. The maximum atomic E-state index is 13.7. The number of amides is 1. The number of benzene rings is 1. The number of carbonyl (C=O) groups is 1. The molecule has 0 bridgehead atoms. The summed E-state index contributed by atoms with van der Waals surface area (Å²) in [5.74, 6) is 0.253.